The average molecular weight is 371 g/mol. The summed E-state index contributed by atoms with van der Waals surface area (Å²) in [6.45, 7) is 4.05. The third-order valence-electron chi connectivity index (χ3n) is 5.80. The summed E-state index contributed by atoms with van der Waals surface area (Å²) in [5, 5.41) is 13.8. The van der Waals surface area contributed by atoms with E-state index in [2.05, 4.69) is 5.10 Å². The van der Waals surface area contributed by atoms with Gasteiger partial charge in [-0.05, 0) is 57.2 Å². The molecule has 1 N–H and O–H groups in total. The van der Waals surface area contributed by atoms with Crippen LogP contribution in [0.4, 0.5) is 4.39 Å². The van der Waals surface area contributed by atoms with E-state index >= 15 is 0 Å². The van der Waals surface area contributed by atoms with Crippen molar-refractivity contribution in [1.82, 2.24) is 14.7 Å². The number of carboxylic acids is 1. The topological polar surface area (TPSA) is 75.4 Å². The van der Waals surface area contributed by atoms with Gasteiger partial charge >= 0.3 is 5.97 Å². The van der Waals surface area contributed by atoms with Gasteiger partial charge in [-0.15, -0.1) is 0 Å². The molecule has 0 radical (unpaired) electrons. The van der Waals surface area contributed by atoms with Crippen molar-refractivity contribution in [3.05, 3.63) is 46.5 Å². The van der Waals surface area contributed by atoms with Crippen LogP contribution in [0.15, 0.2) is 18.2 Å². The number of amides is 1. The molecule has 1 saturated heterocycles. The van der Waals surface area contributed by atoms with Crippen LogP contribution in [0.2, 0.25) is 0 Å². The van der Waals surface area contributed by atoms with Crippen molar-refractivity contribution >= 4 is 11.9 Å². The number of nitrogens with zero attached hydrogens (tertiary/aromatic N) is 3. The van der Waals surface area contributed by atoms with Crippen LogP contribution in [0.25, 0.3) is 5.69 Å². The van der Waals surface area contributed by atoms with Crippen LogP contribution in [-0.4, -0.2) is 44.3 Å². The first kappa shape index (κ1) is 17.7. The molecule has 1 fully saturated rings. The Balaban J connectivity index is 1.74. The Morgan fingerprint density at radius 1 is 1.30 bits per heavy atom. The second-order valence-electron chi connectivity index (χ2n) is 7.47. The first-order valence-electron chi connectivity index (χ1n) is 9.29. The number of carbonyl (C=O) groups is 2. The van der Waals surface area contributed by atoms with Gasteiger partial charge < -0.3 is 10.0 Å². The Labute approximate surface area is 156 Å². The molecule has 6 nitrogen and oxygen atoms in total. The van der Waals surface area contributed by atoms with Crippen molar-refractivity contribution < 1.29 is 19.1 Å². The van der Waals surface area contributed by atoms with Crippen LogP contribution in [-0.2, 0) is 17.6 Å². The highest BCUT2D eigenvalue weighted by Crippen LogP contribution is 2.32. The zero-order valence-corrected chi connectivity index (χ0v) is 15.4. The van der Waals surface area contributed by atoms with Crippen molar-refractivity contribution in [1.29, 1.82) is 0 Å². The number of hydrogen-bond donors (Lipinski definition) is 1. The number of likely N-dealkylation sites (tertiary alicyclic amines) is 1. The molecule has 0 bridgehead atoms. The molecule has 1 aliphatic heterocycles. The molecule has 7 heteroatoms. The van der Waals surface area contributed by atoms with Gasteiger partial charge in [0.05, 0.1) is 5.92 Å². The molecule has 0 saturated carbocycles. The predicted molar refractivity (Wildman–Crippen MR) is 96.5 cm³/mol. The SMILES string of the molecule is Cc1ccc(F)c(-n2nc(C(=O)N3CCC(C(=O)O)C3C)c3c2CCC3)c1. The Hall–Kier alpha value is -2.70. The first-order chi connectivity index (χ1) is 12.9. The maximum Gasteiger partial charge on any atom is 0.308 e. The van der Waals surface area contributed by atoms with E-state index in [-0.39, 0.29) is 17.8 Å². The van der Waals surface area contributed by atoms with Crippen LogP contribution in [0, 0.1) is 18.7 Å². The molecule has 1 amide bonds. The summed E-state index contributed by atoms with van der Waals surface area (Å²) in [5.74, 6) is -2.07. The van der Waals surface area contributed by atoms with Crippen LogP contribution in [0.1, 0.15) is 47.1 Å². The number of hydrogen-bond acceptors (Lipinski definition) is 3. The largest absolute Gasteiger partial charge is 0.481 e. The molecule has 1 aliphatic carbocycles. The molecule has 142 valence electrons. The highest BCUT2D eigenvalue weighted by molar-refractivity contribution is 5.95. The van der Waals surface area contributed by atoms with Crippen molar-refractivity contribution in [3.63, 3.8) is 0 Å². The van der Waals surface area contributed by atoms with E-state index in [1.54, 1.807) is 28.6 Å². The van der Waals surface area contributed by atoms with Gasteiger partial charge in [0, 0.05) is 23.8 Å². The summed E-state index contributed by atoms with van der Waals surface area (Å²) in [7, 11) is 0. The Morgan fingerprint density at radius 3 is 2.78 bits per heavy atom. The van der Waals surface area contributed by atoms with E-state index in [1.165, 1.54) is 6.07 Å². The summed E-state index contributed by atoms with van der Waals surface area (Å²) in [4.78, 5) is 26.1. The van der Waals surface area contributed by atoms with Crippen LogP contribution >= 0.6 is 0 Å². The van der Waals surface area contributed by atoms with Crippen molar-refractivity contribution in [2.24, 2.45) is 5.92 Å². The van der Waals surface area contributed by atoms with Crippen LogP contribution in [0.5, 0.6) is 0 Å². The van der Waals surface area contributed by atoms with Gasteiger partial charge in [0.15, 0.2) is 5.69 Å². The standard InChI is InChI=1S/C20H22FN3O3/c1-11-6-7-15(21)17(10-11)24-16-5-3-4-14(16)18(22-24)19(25)23-9-8-13(12(23)2)20(26)27/h6-7,10,12-13H,3-5,8-9H2,1-2H3,(H,26,27). The molecule has 2 heterocycles. The molecular formula is C20H22FN3O3. The Bertz CT molecular complexity index is 937. The summed E-state index contributed by atoms with van der Waals surface area (Å²) in [5.41, 5.74) is 3.35. The number of aryl methyl sites for hydroxylation is 1. The number of rotatable bonds is 3. The maximum atomic E-state index is 14.4. The van der Waals surface area contributed by atoms with Gasteiger partial charge in [-0.3, -0.25) is 9.59 Å². The van der Waals surface area contributed by atoms with E-state index in [0.717, 1.165) is 36.1 Å². The second-order valence-corrected chi connectivity index (χ2v) is 7.47. The maximum absolute atomic E-state index is 14.4. The number of carboxylic acid groups (broad SMARTS) is 1. The fourth-order valence-corrected chi connectivity index (χ4v) is 4.29. The summed E-state index contributed by atoms with van der Waals surface area (Å²) in [6, 6.07) is 4.46. The van der Waals surface area contributed by atoms with Crippen LogP contribution < -0.4 is 0 Å². The van der Waals surface area contributed by atoms with E-state index in [0.29, 0.717) is 24.3 Å². The molecule has 2 aromatic rings. The van der Waals surface area contributed by atoms with Gasteiger partial charge in [-0.25, -0.2) is 9.07 Å². The highest BCUT2D eigenvalue weighted by Gasteiger charge is 2.40. The lowest BCUT2D eigenvalue weighted by Gasteiger charge is -2.22. The molecule has 4 rings (SSSR count). The number of halogens is 1. The molecule has 0 spiro atoms. The van der Waals surface area contributed by atoms with Gasteiger partial charge in [0.25, 0.3) is 5.91 Å². The van der Waals surface area contributed by atoms with Gasteiger partial charge in [0.2, 0.25) is 0 Å². The minimum absolute atomic E-state index is 0.254. The zero-order chi connectivity index (χ0) is 19.3. The molecule has 1 aromatic heterocycles. The van der Waals surface area contributed by atoms with E-state index in [9.17, 15) is 19.1 Å². The number of aliphatic carboxylic acids is 1. The lowest BCUT2D eigenvalue weighted by Crippen LogP contribution is -2.38. The van der Waals surface area contributed by atoms with Crippen LogP contribution in [0.3, 0.4) is 0 Å². The number of benzene rings is 1. The number of carbonyl (C=O) groups excluding carboxylic acids is 1. The monoisotopic (exact) mass is 371 g/mol. The normalized spacial score (nSPS) is 21.5. The highest BCUT2D eigenvalue weighted by atomic mass is 19.1. The molecule has 2 atom stereocenters. The van der Waals surface area contributed by atoms with E-state index in [1.807, 2.05) is 6.92 Å². The first-order valence-corrected chi connectivity index (χ1v) is 9.29. The molecule has 27 heavy (non-hydrogen) atoms. The fraction of sp³-hybridized carbons (Fsp3) is 0.450. The third-order valence-corrected chi connectivity index (χ3v) is 5.80. The lowest BCUT2D eigenvalue weighted by atomic mass is 10.0. The fourth-order valence-electron chi connectivity index (χ4n) is 4.29. The van der Waals surface area contributed by atoms with Crippen molar-refractivity contribution in [2.45, 2.75) is 45.6 Å². The molecular weight excluding hydrogens is 349 g/mol. The molecule has 2 unspecified atom stereocenters. The predicted octanol–water partition coefficient (Wildman–Crippen LogP) is 2.74. The minimum atomic E-state index is -0.879. The summed E-state index contributed by atoms with van der Waals surface area (Å²) >= 11 is 0. The minimum Gasteiger partial charge on any atom is -0.481 e. The number of aromatic nitrogens is 2. The Kier molecular flexibility index (Phi) is 4.25. The molecule has 2 aliphatic rings. The van der Waals surface area contributed by atoms with Gasteiger partial charge in [0.1, 0.15) is 11.5 Å². The van der Waals surface area contributed by atoms with Gasteiger partial charge in [-0.2, -0.15) is 5.10 Å². The molecule has 1 aromatic carbocycles. The smallest absolute Gasteiger partial charge is 0.308 e. The van der Waals surface area contributed by atoms with E-state index < -0.39 is 11.9 Å². The lowest BCUT2D eigenvalue weighted by molar-refractivity contribution is -0.142. The van der Waals surface area contributed by atoms with Crippen molar-refractivity contribution in [3.8, 4) is 5.69 Å². The van der Waals surface area contributed by atoms with E-state index in [4.69, 9.17) is 0 Å². The van der Waals surface area contributed by atoms with Crippen molar-refractivity contribution in [2.75, 3.05) is 6.54 Å². The summed E-state index contributed by atoms with van der Waals surface area (Å²) < 4.78 is 16.0. The Morgan fingerprint density at radius 2 is 2.07 bits per heavy atom. The zero-order valence-electron chi connectivity index (χ0n) is 15.4. The third kappa shape index (κ3) is 2.81. The average Bonchev–Trinajstić information content (AvgIpc) is 3.31. The van der Waals surface area contributed by atoms with Gasteiger partial charge in [-0.1, -0.05) is 6.07 Å². The number of fused-ring (bicyclic) bond motifs is 1. The quantitative estimate of drug-likeness (QED) is 0.900. The second kappa shape index (κ2) is 6.48. The summed E-state index contributed by atoms with van der Waals surface area (Å²) in [6.07, 6.45) is 2.82.